The molecule has 82 valence electrons. The lowest BCUT2D eigenvalue weighted by Crippen LogP contribution is -2.10. The molecule has 1 rings (SSSR count). The second kappa shape index (κ2) is 4.91. The molecular formula is C12H15FO2. The molecule has 0 radical (unpaired) electrons. The SMILES string of the molecule is Cc1cccc(CCC(C)C(=O)O)c1F. The highest BCUT2D eigenvalue weighted by Crippen LogP contribution is 2.16. The van der Waals surface area contributed by atoms with Crippen molar-refractivity contribution >= 4 is 5.97 Å². The number of hydrogen-bond acceptors (Lipinski definition) is 1. The van der Waals surface area contributed by atoms with Gasteiger partial charge in [0.25, 0.3) is 0 Å². The molecular weight excluding hydrogens is 195 g/mol. The fraction of sp³-hybridized carbons (Fsp3) is 0.417. The van der Waals surface area contributed by atoms with Gasteiger partial charge in [-0.25, -0.2) is 4.39 Å². The zero-order valence-electron chi connectivity index (χ0n) is 8.96. The van der Waals surface area contributed by atoms with Crippen molar-refractivity contribution in [3.63, 3.8) is 0 Å². The van der Waals surface area contributed by atoms with E-state index in [0.717, 1.165) is 0 Å². The zero-order valence-corrected chi connectivity index (χ0v) is 8.96. The van der Waals surface area contributed by atoms with Crippen LogP contribution in [-0.4, -0.2) is 11.1 Å². The number of rotatable bonds is 4. The van der Waals surface area contributed by atoms with Crippen LogP contribution in [0.25, 0.3) is 0 Å². The van der Waals surface area contributed by atoms with Gasteiger partial charge in [0.15, 0.2) is 0 Å². The average molecular weight is 210 g/mol. The first-order chi connectivity index (χ1) is 7.02. The predicted octanol–water partition coefficient (Wildman–Crippen LogP) is 2.79. The maximum Gasteiger partial charge on any atom is 0.306 e. The maximum absolute atomic E-state index is 13.5. The number of hydrogen-bond donors (Lipinski definition) is 1. The van der Waals surface area contributed by atoms with E-state index in [1.54, 1.807) is 32.0 Å². The van der Waals surface area contributed by atoms with Crippen molar-refractivity contribution < 1.29 is 14.3 Å². The van der Waals surface area contributed by atoms with Crippen LogP contribution in [0, 0.1) is 18.7 Å². The van der Waals surface area contributed by atoms with Gasteiger partial charge in [-0.1, -0.05) is 25.1 Å². The minimum atomic E-state index is -0.830. The second-order valence-electron chi connectivity index (χ2n) is 3.83. The summed E-state index contributed by atoms with van der Waals surface area (Å²) < 4.78 is 13.5. The number of benzene rings is 1. The molecule has 1 atom stereocenters. The number of carboxylic acids is 1. The number of halogens is 1. The Labute approximate surface area is 88.7 Å². The summed E-state index contributed by atoms with van der Waals surface area (Å²) in [5, 5.41) is 8.69. The molecule has 0 saturated heterocycles. The predicted molar refractivity (Wildman–Crippen MR) is 56.3 cm³/mol. The first-order valence-corrected chi connectivity index (χ1v) is 4.99. The lowest BCUT2D eigenvalue weighted by Gasteiger charge is -2.07. The number of carboxylic acid groups (broad SMARTS) is 1. The molecule has 0 aliphatic rings. The molecule has 2 nitrogen and oxygen atoms in total. The first kappa shape index (κ1) is 11.7. The smallest absolute Gasteiger partial charge is 0.306 e. The van der Waals surface area contributed by atoms with Crippen LogP contribution in [0.5, 0.6) is 0 Å². The van der Waals surface area contributed by atoms with Gasteiger partial charge in [-0.3, -0.25) is 4.79 Å². The highest BCUT2D eigenvalue weighted by molar-refractivity contribution is 5.69. The Balaban J connectivity index is 2.66. The summed E-state index contributed by atoms with van der Waals surface area (Å²) in [7, 11) is 0. The van der Waals surface area contributed by atoms with Crippen LogP contribution in [-0.2, 0) is 11.2 Å². The van der Waals surface area contributed by atoms with Crippen molar-refractivity contribution in [2.24, 2.45) is 5.92 Å². The van der Waals surface area contributed by atoms with Crippen LogP contribution in [0.2, 0.25) is 0 Å². The molecule has 0 heterocycles. The van der Waals surface area contributed by atoms with Crippen LogP contribution >= 0.6 is 0 Å². The summed E-state index contributed by atoms with van der Waals surface area (Å²) in [6, 6.07) is 5.20. The summed E-state index contributed by atoms with van der Waals surface area (Å²) in [6.07, 6.45) is 0.941. The Bertz CT molecular complexity index is 361. The van der Waals surface area contributed by atoms with Gasteiger partial charge in [-0.15, -0.1) is 0 Å². The van der Waals surface area contributed by atoms with Crippen molar-refractivity contribution in [1.82, 2.24) is 0 Å². The summed E-state index contributed by atoms with van der Waals surface area (Å²) in [5.41, 5.74) is 1.21. The molecule has 3 heteroatoms. The molecule has 0 amide bonds. The topological polar surface area (TPSA) is 37.3 Å². The van der Waals surface area contributed by atoms with Crippen molar-refractivity contribution in [2.75, 3.05) is 0 Å². The van der Waals surface area contributed by atoms with Crippen LogP contribution in [0.1, 0.15) is 24.5 Å². The standard InChI is InChI=1S/C12H15FO2/c1-8-4-3-5-10(11(8)13)7-6-9(2)12(14)15/h3-5,9H,6-7H2,1-2H3,(H,14,15). The van der Waals surface area contributed by atoms with E-state index in [9.17, 15) is 9.18 Å². The summed E-state index contributed by atoms with van der Waals surface area (Å²) >= 11 is 0. The van der Waals surface area contributed by atoms with E-state index in [2.05, 4.69) is 0 Å². The van der Waals surface area contributed by atoms with Gasteiger partial charge in [-0.05, 0) is 30.9 Å². The van der Waals surface area contributed by atoms with E-state index in [0.29, 0.717) is 24.0 Å². The van der Waals surface area contributed by atoms with E-state index < -0.39 is 11.9 Å². The van der Waals surface area contributed by atoms with Crippen molar-refractivity contribution in [2.45, 2.75) is 26.7 Å². The van der Waals surface area contributed by atoms with Crippen molar-refractivity contribution in [3.05, 3.63) is 35.1 Å². The molecule has 0 aromatic heterocycles. The Morgan fingerprint density at radius 1 is 1.53 bits per heavy atom. The van der Waals surface area contributed by atoms with Crippen molar-refractivity contribution in [3.8, 4) is 0 Å². The number of aryl methyl sites for hydroxylation is 2. The quantitative estimate of drug-likeness (QED) is 0.829. The Kier molecular flexibility index (Phi) is 3.83. The maximum atomic E-state index is 13.5. The number of carbonyl (C=O) groups is 1. The first-order valence-electron chi connectivity index (χ1n) is 4.99. The number of aliphatic carboxylic acids is 1. The van der Waals surface area contributed by atoms with Crippen LogP contribution < -0.4 is 0 Å². The lowest BCUT2D eigenvalue weighted by molar-refractivity contribution is -0.141. The van der Waals surface area contributed by atoms with Crippen LogP contribution in [0.15, 0.2) is 18.2 Å². The molecule has 15 heavy (non-hydrogen) atoms. The molecule has 0 fully saturated rings. The molecule has 0 bridgehead atoms. The fourth-order valence-electron chi connectivity index (χ4n) is 1.40. The molecule has 0 saturated carbocycles. The van der Waals surface area contributed by atoms with Gasteiger partial charge in [0.05, 0.1) is 5.92 Å². The van der Waals surface area contributed by atoms with E-state index in [-0.39, 0.29) is 5.82 Å². The summed E-state index contributed by atoms with van der Waals surface area (Å²) in [4.78, 5) is 10.6. The molecule has 0 aliphatic heterocycles. The van der Waals surface area contributed by atoms with Gasteiger partial charge in [0, 0.05) is 0 Å². The van der Waals surface area contributed by atoms with E-state index >= 15 is 0 Å². The van der Waals surface area contributed by atoms with Gasteiger partial charge in [0.1, 0.15) is 5.82 Å². The molecule has 0 spiro atoms. The molecule has 1 aromatic carbocycles. The van der Waals surface area contributed by atoms with Crippen LogP contribution in [0.4, 0.5) is 4.39 Å². The Hall–Kier alpha value is -1.38. The monoisotopic (exact) mass is 210 g/mol. The van der Waals surface area contributed by atoms with Crippen LogP contribution in [0.3, 0.4) is 0 Å². The van der Waals surface area contributed by atoms with Gasteiger partial charge < -0.3 is 5.11 Å². The van der Waals surface area contributed by atoms with Gasteiger partial charge >= 0.3 is 5.97 Å². The van der Waals surface area contributed by atoms with E-state index in [1.165, 1.54) is 0 Å². The molecule has 0 aliphatic carbocycles. The van der Waals surface area contributed by atoms with E-state index in [4.69, 9.17) is 5.11 Å². The average Bonchev–Trinajstić information content (AvgIpc) is 2.19. The van der Waals surface area contributed by atoms with E-state index in [1.807, 2.05) is 0 Å². The highest BCUT2D eigenvalue weighted by atomic mass is 19.1. The highest BCUT2D eigenvalue weighted by Gasteiger charge is 2.12. The molecule has 1 aromatic rings. The van der Waals surface area contributed by atoms with Gasteiger partial charge in [-0.2, -0.15) is 0 Å². The lowest BCUT2D eigenvalue weighted by atomic mass is 9.99. The Morgan fingerprint density at radius 2 is 2.20 bits per heavy atom. The second-order valence-corrected chi connectivity index (χ2v) is 3.83. The fourth-order valence-corrected chi connectivity index (χ4v) is 1.40. The largest absolute Gasteiger partial charge is 0.481 e. The van der Waals surface area contributed by atoms with Crippen molar-refractivity contribution in [1.29, 1.82) is 0 Å². The third-order valence-corrected chi connectivity index (χ3v) is 2.54. The minimum absolute atomic E-state index is 0.213. The minimum Gasteiger partial charge on any atom is -0.481 e. The van der Waals surface area contributed by atoms with Gasteiger partial charge in [0.2, 0.25) is 0 Å². The third kappa shape index (κ3) is 3.05. The zero-order chi connectivity index (χ0) is 11.4. The third-order valence-electron chi connectivity index (χ3n) is 2.54. The Morgan fingerprint density at radius 3 is 2.80 bits per heavy atom. The summed E-state index contributed by atoms with van der Waals surface area (Å²) in [5.74, 6) is -1.47. The summed E-state index contributed by atoms with van der Waals surface area (Å²) in [6.45, 7) is 3.34. The molecule has 1 N–H and O–H groups in total. The normalized spacial score (nSPS) is 12.5. The molecule has 1 unspecified atom stereocenters.